The second kappa shape index (κ2) is 11.7. The molecular weight excluding hydrogens is 532 g/mol. The Kier molecular flexibility index (Phi) is 8.56. The first-order valence-electron chi connectivity index (χ1n) is 16.2. The highest BCUT2D eigenvalue weighted by molar-refractivity contribution is 5.91. The van der Waals surface area contributed by atoms with Crippen molar-refractivity contribution in [3.63, 3.8) is 0 Å². The van der Waals surface area contributed by atoms with Crippen LogP contribution in [0.25, 0.3) is 0 Å². The van der Waals surface area contributed by atoms with Crippen molar-refractivity contribution in [2.45, 2.75) is 111 Å². The molecule has 0 heterocycles. The topological polar surface area (TPSA) is 113 Å². The van der Waals surface area contributed by atoms with Crippen molar-refractivity contribution in [1.82, 2.24) is 0 Å². The van der Waals surface area contributed by atoms with Crippen LogP contribution in [0.2, 0.25) is 0 Å². The van der Waals surface area contributed by atoms with Crippen LogP contribution in [0, 0.1) is 66.6 Å². The van der Waals surface area contributed by atoms with Gasteiger partial charge in [-0.2, -0.15) is 0 Å². The molecule has 42 heavy (non-hydrogen) atoms. The molecule has 1 unspecified atom stereocenters. The summed E-state index contributed by atoms with van der Waals surface area (Å²) < 4.78 is 5.82. The van der Waals surface area contributed by atoms with E-state index in [9.17, 15) is 25.0 Å². The van der Waals surface area contributed by atoms with Gasteiger partial charge in [0, 0.05) is 18.6 Å². The van der Waals surface area contributed by atoms with E-state index in [1.807, 2.05) is 0 Å². The number of hydrogen-bond donors (Lipinski definition) is 0. The fourth-order valence-corrected chi connectivity index (χ4v) is 9.90. The van der Waals surface area contributed by atoms with Crippen LogP contribution in [0.4, 0.5) is 11.4 Å². The van der Waals surface area contributed by atoms with Gasteiger partial charge in [0.25, 0.3) is 11.4 Å². The van der Waals surface area contributed by atoms with Crippen molar-refractivity contribution in [3.05, 3.63) is 55.6 Å². The summed E-state index contributed by atoms with van der Waals surface area (Å²) in [5.74, 6) is 3.81. The van der Waals surface area contributed by atoms with E-state index in [1.165, 1.54) is 50.5 Å². The number of nitrogens with zero attached hydrogens (tertiary/aromatic N) is 2. The number of rotatable bonds is 9. The van der Waals surface area contributed by atoms with Crippen LogP contribution < -0.4 is 0 Å². The number of carbonyl (C=O) groups excluding carboxylic acids is 1. The zero-order chi connectivity index (χ0) is 30.4. The normalized spacial score (nSPS) is 34.5. The highest BCUT2D eigenvalue weighted by Crippen LogP contribution is 2.67. The van der Waals surface area contributed by atoms with Crippen LogP contribution in [0.5, 0.6) is 0 Å². The Morgan fingerprint density at radius 1 is 0.952 bits per heavy atom. The molecule has 8 nitrogen and oxygen atoms in total. The zero-order valence-corrected chi connectivity index (χ0v) is 26.0. The Morgan fingerprint density at radius 2 is 1.64 bits per heavy atom. The van der Waals surface area contributed by atoms with Gasteiger partial charge in [0.15, 0.2) is 0 Å². The number of non-ortho nitro benzene ring substituents is 2. The maximum absolute atomic E-state index is 13.0. The number of fused-ring (bicyclic) bond motifs is 5. The molecule has 0 aliphatic heterocycles. The molecule has 0 radical (unpaired) electrons. The van der Waals surface area contributed by atoms with E-state index < -0.39 is 27.2 Å². The van der Waals surface area contributed by atoms with Crippen LogP contribution >= 0.6 is 0 Å². The summed E-state index contributed by atoms with van der Waals surface area (Å²) >= 11 is 0. The Labute approximate surface area is 250 Å². The summed E-state index contributed by atoms with van der Waals surface area (Å²) in [7, 11) is 0. The van der Waals surface area contributed by atoms with Crippen LogP contribution in [0.3, 0.4) is 0 Å². The zero-order valence-electron chi connectivity index (χ0n) is 26.0. The van der Waals surface area contributed by atoms with Gasteiger partial charge in [-0.25, -0.2) is 4.79 Å². The molecule has 4 aliphatic carbocycles. The van der Waals surface area contributed by atoms with Gasteiger partial charge < -0.3 is 4.74 Å². The van der Waals surface area contributed by atoms with Crippen molar-refractivity contribution < 1.29 is 19.4 Å². The summed E-state index contributed by atoms with van der Waals surface area (Å²) in [6.45, 7) is 12.2. The van der Waals surface area contributed by atoms with Crippen molar-refractivity contribution in [3.8, 4) is 0 Å². The van der Waals surface area contributed by atoms with E-state index in [-0.39, 0.29) is 17.1 Å². The SMILES string of the molecule is CC(C)CCCC(C)[C@H]1CC[C@H]2[C@@H]3CC=C4C[C@@H](OC(=O)c5cc([N+](=O)[O-])cc([N+](=O)[O-])c5)CC[C@]4(C)[C@H]3CC[C@]12C. The van der Waals surface area contributed by atoms with Gasteiger partial charge in [-0.3, -0.25) is 20.2 Å². The number of carbonyl (C=O) groups is 1. The first-order valence-corrected chi connectivity index (χ1v) is 16.2. The molecule has 8 heteroatoms. The van der Waals surface area contributed by atoms with Crippen LogP contribution in [0.1, 0.15) is 116 Å². The number of ether oxygens (including phenoxy) is 1. The van der Waals surface area contributed by atoms with Gasteiger partial charge in [0.2, 0.25) is 0 Å². The van der Waals surface area contributed by atoms with Crippen LogP contribution in [0.15, 0.2) is 29.8 Å². The molecule has 0 N–H and O–H groups in total. The average Bonchev–Trinajstić information content (AvgIpc) is 3.30. The number of esters is 1. The second-order valence-electron chi connectivity index (χ2n) is 14.8. The minimum Gasteiger partial charge on any atom is -0.458 e. The molecule has 0 aromatic heterocycles. The van der Waals surface area contributed by atoms with Crippen LogP contribution in [-0.4, -0.2) is 21.9 Å². The highest BCUT2D eigenvalue weighted by Gasteiger charge is 2.59. The van der Waals surface area contributed by atoms with Crippen molar-refractivity contribution >= 4 is 17.3 Å². The predicted molar refractivity (Wildman–Crippen MR) is 162 cm³/mol. The molecule has 3 fully saturated rings. The van der Waals surface area contributed by atoms with Gasteiger partial charge >= 0.3 is 5.97 Å². The molecule has 1 aromatic carbocycles. The summed E-state index contributed by atoms with van der Waals surface area (Å²) in [6, 6.07) is 2.99. The molecule has 0 spiro atoms. The number of nitro benzene ring substituents is 2. The molecule has 0 bridgehead atoms. The van der Waals surface area contributed by atoms with E-state index in [1.54, 1.807) is 0 Å². The highest BCUT2D eigenvalue weighted by atomic mass is 16.6. The van der Waals surface area contributed by atoms with E-state index in [2.05, 4.69) is 40.7 Å². The largest absolute Gasteiger partial charge is 0.458 e. The van der Waals surface area contributed by atoms with Gasteiger partial charge in [-0.15, -0.1) is 0 Å². The number of allylic oxidation sites excluding steroid dienone is 1. The Hall–Kier alpha value is -2.77. The lowest BCUT2D eigenvalue weighted by Gasteiger charge is -2.58. The number of nitro groups is 2. The summed E-state index contributed by atoms with van der Waals surface area (Å²) in [6.07, 6.45) is 14.9. The van der Waals surface area contributed by atoms with Crippen molar-refractivity contribution in [2.24, 2.45) is 46.3 Å². The molecule has 0 amide bonds. The molecular formula is C34H48N2O6. The predicted octanol–water partition coefficient (Wildman–Crippen LogP) is 9.07. The molecule has 4 aliphatic rings. The van der Waals surface area contributed by atoms with E-state index in [0.717, 1.165) is 67.1 Å². The second-order valence-corrected chi connectivity index (χ2v) is 14.8. The molecule has 5 rings (SSSR count). The monoisotopic (exact) mass is 580 g/mol. The van der Waals surface area contributed by atoms with E-state index >= 15 is 0 Å². The Balaban J connectivity index is 1.27. The fraction of sp³-hybridized carbons (Fsp3) is 0.735. The first kappa shape index (κ1) is 30.7. The maximum atomic E-state index is 13.0. The minimum absolute atomic E-state index is 0.110. The van der Waals surface area contributed by atoms with Gasteiger partial charge in [0.1, 0.15) is 6.10 Å². The van der Waals surface area contributed by atoms with Crippen molar-refractivity contribution in [1.29, 1.82) is 0 Å². The lowest BCUT2D eigenvalue weighted by molar-refractivity contribution is -0.394. The van der Waals surface area contributed by atoms with Gasteiger partial charge in [0.05, 0.1) is 21.5 Å². The van der Waals surface area contributed by atoms with Crippen LogP contribution in [-0.2, 0) is 4.74 Å². The lowest BCUT2D eigenvalue weighted by atomic mass is 9.47. The quantitative estimate of drug-likeness (QED) is 0.125. The average molecular weight is 581 g/mol. The number of benzene rings is 1. The molecule has 1 aromatic rings. The third-order valence-electron chi connectivity index (χ3n) is 12.1. The van der Waals surface area contributed by atoms with E-state index in [4.69, 9.17) is 4.74 Å². The summed E-state index contributed by atoms with van der Waals surface area (Å²) in [5, 5.41) is 22.6. The third kappa shape index (κ3) is 5.62. The smallest absolute Gasteiger partial charge is 0.338 e. The van der Waals surface area contributed by atoms with E-state index in [0.29, 0.717) is 17.8 Å². The Morgan fingerprint density at radius 3 is 2.29 bits per heavy atom. The molecule has 3 saturated carbocycles. The lowest BCUT2D eigenvalue weighted by Crippen LogP contribution is -2.51. The maximum Gasteiger partial charge on any atom is 0.338 e. The van der Waals surface area contributed by atoms with Gasteiger partial charge in [-0.05, 0) is 91.3 Å². The Bertz CT molecular complexity index is 1230. The van der Waals surface area contributed by atoms with Gasteiger partial charge in [-0.1, -0.05) is 65.5 Å². The summed E-state index contributed by atoms with van der Waals surface area (Å²) in [5.41, 5.74) is 0.806. The molecule has 0 saturated heterocycles. The third-order valence-corrected chi connectivity index (χ3v) is 12.1. The fourth-order valence-electron chi connectivity index (χ4n) is 9.90. The molecule has 8 atom stereocenters. The molecule has 230 valence electrons. The summed E-state index contributed by atoms with van der Waals surface area (Å²) in [4.78, 5) is 34.1. The minimum atomic E-state index is -0.738. The number of hydrogen-bond acceptors (Lipinski definition) is 6. The standard InChI is InChI=1S/C34H48N2O6/c1-21(2)7-6-8-22(3)29-11-12-30-28-10-9-24-19-27(13-15-33(24,4)31(28)14-16-34(29,30)5)42-32(37)23-17-25(35(38)39)20-26(18-23)36(40)41/h9,17-18,20-22,27-31H,6-8,10-16,19H2,1-5H3/t22?,27-,28-,29+,30-,31-,33-,34+/m0/s1. The van der Waals surface area contributed by atoms with Crippen molar-refractivity contribution in [2.75, 3.05) is 0 Å². The first-order chi connectivity index (χ1) is 19.8.